The first-order valence-electron chi connectivity index (χ1n) is 9.65. The molecule has 3 aromatic rings. The molecule has 1 atom stereocenters. The number of pyridine rings is 1. The van der Waals surface area contributed by atoms with Crippen molar-refractivity contribution in [3.63, 3.8) is 0 Å². The molecule has 1 amide bonds. The zero-order valence-electron chi connectivity index (χ0n) is 16.6. The Morgan fingerprint density at radius 3 is 2.42 bits per heavy atom. The molecule has 31 heavy (non-hydrogen) atoms. The van der Waals surface area contributed by atoms with E-state index >= 15 is 0 Å². The van der Waals surface area contributed by atoms with Crippen molar-refractivity contribution < 1.29 is 14.7 Å². The van der Waals surface area contributed by atoms with Crippen LogP contribution in [0.25, 0.3) is 0 Å². The zero-order chi connectivity index (χ0) is 22.1. The summed E-state index contributed by atoms with van der Waals surface area (Å²) in [5, 5.41) is 21.3. The van der Waals surface area contributed by atoms with Crippen LogP contribution in [-0.2, 0) is 4.79 Å². The van der Waals surface area contributed by atoms with E-state index in [-0.39, 0.29) is 24.4 Å². The van der Waals surface area contributed by atoms with Gasteiger partial charge in [-0.05, 0) is 24.6 Å². The number of carboxylic acid groups (broad SMARTS) is 1. The summed E-state index contributed by atoms with van der Waals surface area (Å²) >= 11 is 0. The Labute approximate surface area is 179 Å². The van der Waals surface area contributed by atoms with Gasteiger partial charge >= 0.3 is 5.97 Å². The minimum Gasteiger partial charge on any atom is -0.480 e. The van der Waals surface area contributed by atoms with Gasteiger partial charge in [0.25, 0.3) is 5.91 Å². The molecule has 7 nitrogen and oxygen atoms in total. The Bertz CT molecular complexity index is 1120. The number of hydrogen-bond donors (Lipinski definition) is 2. The van der Waals surface area contributed by atoms with Crippen molar-refractivity contribution in [2.24, 2.45) is 4.99 Å². The number of aliphatic carboxylic acids is 1. The van der Waals surface area contributed by atoms with E-state index in [2.05, 4.69) is 15.3 Å². The van der Waals surface area contributed by atoms with Gasteiger partial charge in [-0.15, -0.1) is 0 Å². The maximum absolute atomic E-state index is 12.7. The summed E-state index contributed by atoms with van der Waals surface area (Å²) in [5.74, 6) is -1.50. The van der Waals surface area contributed by atoms with Crippen molar-refractivity contribution in [3.8, 4) is 6.07 Å². The van der Waals surface area contributed by atoms with Gasteiger partial charge in [0.1, 0.15) is 11.7 Å². The molecule has 0 aliphatic carbocycles. The topological polar surface area (TPSA) is 115 Å². The lowest BCUT2D eigenvalue weighted by Gasteiger charge is -2.16. The highest BCUT2D eigenvalue weighted by Gasteiger charge is 2.20. The normalized spacial score (nSPS) is 11.9. The van der Waals surface area contributed by atoms with Gasteiger partial charge in [0.2, 0.25) is 0 Å². The van der Waals surface area contributed by atoms with Gasteiger partial charge in [-0.2, -0.15) is 5.26 Å². The maximum atomic E-state index is 12.7. The predicted octanol–water partition coefficient (Wildman–Crippen LogP) is 3.93. The standard InChI is InChI=1S/C24H20N4O3/c25-15-8-14-21(24(30)31)27-22(17-9-2-1-3-10-17)18-11-4-5-12-19(18)28-23(29)20-13-6-7-16-26-20/h1-7,9-13,16,21H,8,14H2,(H,28,29)(H,30,31). The van der Waals surface area contributed by atoms with E-state index in [0.717, 1.165) is 0 Å². The second-order valence-electron chi connectivity index (χ2n) is 6.61. The summed E-state index contributed by atoms with van der Waals surface area (Å²) in [7, 11) is 0. The Morgan fingerprint density at radius 2 is 1.74 bits per heavy atom. The number of nitrogens with zero attached hydrogens (tertiary/aromatic N) is 3. The van der Waals surface area contributed by atoms with Crippen LogP contribution in [0.5, 0.6) is 0 Å². The van der Waals surface area contributed by atoms with E-state index in [1.807, 2.05) is 36.4 Å². The van der Waals surface area contributed by atoms with Crippen LogP contribution in [0.3, 0.4) is 0 Å². The third-order valence-corrected chi connectivity index (χ3v) is 4.47. The minimum atomic E-state index is -1.11. The van der Waals surface area contributed by atoms with Crippen LogP contribution in [0.2, 0.25) is 0 Å². The molecule has 154 valence electrons. The van der Waals surface area contributed by atoms with E-state index in [9.17, 15) is 14.7 Å². The van der Waals surface area contributed by atoms with Crippen LogP contribution in [0.1, 0.15) is 34.5 Å². The summed E-state index contributed by atoms with van der Waals surface area (Å²) in [6, 6.07) is 22.1. The molecule has 7 heteroatoms. The van der Waals surface area contributed by atoms with Crippen molar-refractivity contribution in [1.29, 1.82) is 5.26 Å². The first kappa shape index (κ1) is 21.4. The molecule has 2 aromatic carbocycles. The number of carbonyl (C=O) groups is 2. The van der Waals surface area contributed by atoms with Crippen LogP contribution in [0.4, 0.5) is 5.69 Å². The maximum Gasteiger partial charge on any atom is 0.328 e. The Kier molecular flexibility index (Phi) is 7.22. The van der Waals surface area contributed by atoms with E-state index in [0.29, 0.717) is 22.5 Å². The molecule has 0 aliphatic rings. The van der Waals surface area contributed by atoms with Gasteiger partial charge in [0.15, 0.2) is 0 Å². The lowest BCUT2D eigenvalue weighted by molar-refractivity contribution is -0.138. The number of benzene rings is 2. The molecule has 1 unspecified atom stereocenters. The van der Waals surface area contributed by atoms with Crippen LogP contribution in [0, 0.1) is 11.3 Å². The molecule has 0 spiro atoms. The number of aromatic nitrogens is 1. The highest BCUT2D eigenvalue weighted by atomic mass is 16.4. The average molecular weight is 412 g/mol. The Hall–Kier alpha value is -4.31. The van der Waals surface area contributed by atoms with Crippen molar-refractivity contribution >= 4 is 23.3 Å². The molecule has 0 saturated heterocycles. The summed E-state index contributed by atoms with van der Waals surface area (Å²) < 4.78 is 0. The molecule has 0 fully saturated rings. The van der Waals surface area contributed by atoms with Gasteiger partial charge in [-0.3, -0.25) is 14.8 Å². The number of para-hydroxylation sites is 1. The first-order valence-corrected chi connectivity index (χ1v) is 9.65. The van der Waals surface area contributed by atoms with E-state index in [1.165, 1.54) is 6.20 Å². The molecular formula is C24H20N4O3. The smallest absolute Gasteiger partial charge is 0.328 e. The van der Waals surface area contributed by atoms with Gasteiger partial charge in [0, 0.05) is 23.7 Å². The third-order valence-electron chi connectivity index (χ3n) is 4.47. The van der Waals surface area contributed by atoms with Crippen LogP contribution in [-0.4, -0.2) is 33.7 Å². The number of aliphatic imine (C=N–C) groups is 1. The highest BCUT2D eigenvalue weighted by Crippen LogP contribution is 2.22. The van der Waals surface area contributed by atoms with Crippen LogP contribution < -0.4 is 5.32 Å². The lowest BCUT2D eigenvalue weighted by Crippen LogP contribution is -2.22. The molecule has 1 heterocycles. The van der Waals surface area contributed by atoms with Crippen molar-refractivity contribution in [2.75, 3.05) is 5.32 Å². The minimum absolute atomic E-state index is 0.0700. The quantitative estimate of drug-likeness (QED) is 0.544. The molecule has 2 N–H and O–H groups in total. The SMILES string of the molecule is N#CCCC(N=C(c1ccccc1)c1ccccc1NC(=O)c1ccccn1)C(=O)O. The number of nitriles is 1. The fourth-order valence-corrected chi connectivity index (χ4v) is 2.98. The number of anilines is 1. The largest absolute Gasteiger partial charge is 0.480 e. The first-order chi connectivity index (χ1) is 15.1. The monoisotopic (exact) mass is 412 g/mol. The van der Waals surface area contributed by atoms with Gasteiger partial charge in [0.05, 0.1) is 17.5 Å². The van der Waals surface area contributed by atoms with Crippen LogP contribution >= 0.6 is 0 Å². The fourth-order valence-electron chi connectivity index (χ4n) is 2.98. The number of carboxylic acids is 1. The number of carbonyl (C=O) groups excluding carboxylic acids is 1. The molecule has 0 bridgehead atoms. The van der Waals surface area contributed by atoms with E-state index in [1.54, 1.807) is 42.5 Å². The molecule has 0 radical (unpaired) electrons. The summed E-state index contributed by atoms with van der Waals surface area (Å²) in [5.41, 5.74) is 2.42. The van der Waals surface area contributed by atoms with Crippen molar-refractivity contribution in [3.05, 3.63) is 95.8 Å². The van der Waals surface area contributed by atoms with Gasteiger partial charge in [-0.25, -0.2) is 4.79 Å². The Morgan fingerprint density at radius 1 is 1.03 bits per heavy atom. The van der Waals surface area contributed by atoms with Crippen molar-refractivity contribution in [1.82, 2.24) is 4.98 Å². The van der Waals surface area contributed by atoms with E-state index in [4.69, 9.17) is 5.26 Å². The molecule has 0 aliphatic heterocycles. The zero-order valence-corrected chi connectivity index (χ0v) is 16.6. The number of hydrogen-bond acceptors (Lipinski definition) is 5. The molecule has 0 saturated carbocycles. The molecule has 3 rings (SSSR count). The van der Waals surface area contributed by atoms with Gasteiger partial charge < -0.3 is 10.4 Å². The van der Waals surface area contributed by atoms with E-state index < -0.39 is 12.0 Å². The number of rotatable bonds is 8. The van der Waals surface area contributed by atoms with Crippen LogP contribution in [0.15, 0.2) is 84.0 Å². The highest BCUT2D eigenvalue weighted by molar-refractivity contribution is 6.18. The second-order valence-corrected chi connectivity index (χ2v) is 6.61. The fraction of sp³-hybridized carbons (Fsp3) is 0.125. The predicted molar refractivity (Wildman–Crippen MR) is 117 cm³/mol. The summed E-state index contributed by atoms with van der Waals surface area (Å²) in [6.45, 7) is 0. The third kappa shape index (κ3) is 5.61. The average Bonchev–Trinajstić information content (AvgIpc) is 2.81. The van der Waals surface area contributed by atoms with Crippen molar-refractivity contribution in [2.45, 2.75) is 18.9 Å². The van der Waals surface area contributed by atoms with Gasteiger partial charge in [-0.1, -0.05) is 54.6 Å². The molecular weight excluding hydrogens is 392 g/mol. The number of nitrogens with one attached hydrogen (secondary N) is 1. The summed E-state index contributed by atoms with van der Waals surface area (Å²) in [6.07, 6.45) is 1.69. The second kappa shape index (κ2) is 10.5. The number of amides is 1. The lowest BCUT2D eigenvalue weighted by atomic mass is 9.99. The Balaban J connectivity index is 2.06. The molecule has 1 aromatic heterocycles. The summed E-state index contributed by atoms with van der Waals surface area (Å²) in [4.78, 5) is 33.0.